The van der Waals surface area contributed by atoms with E-state index in [1.165, 1.54) is 9.88 Å². The molecule has 2 heterocycles. The van der Waals surface area contributed by atoms with E-state index in [4.69, 9.17) is 5.73 Å². The van der Waals surface area contributed by atoms with E-state index in [1.54, 1.807) is 11.3 Å². The van der Waals surface area contributed by atoms with Gasteiger partial charge in [0.1, 0.15) is 5.01 Å². The lowest BCUT2D eigenvalue weighted by Gasteiger charge is -2.29. The number of likely N-dealkylation sites (tertiary alicyclic amines) is 1. The predicted molar refractivity (Wildman–Crippen MR) is 59.3 cm³/mol. The number of nitrogens with zero attached hydrogens (tertiary/aromatic N) is 2. The van der Waals surface area contributed by atoms with Crippen LogP contribution < -0.4 is 5.73 Å². The van der Waals surface area contributed by atoms with Gasteiger partial charge in [0.05, 0.1) is 6.54 Å². The van der Waals surface area contributed by atoms with Crippen LogP contribution >= 0.6 is 11.3 Å². The summed E-state index contributed by atoms with van der Waals surface area (Å²) in [5, 5.41) is 1.23. The molecule has 0 saturated carbocycles. The quantitative estimate of drug-likeness (QED) is 0.803. The van der Waals surface area contributed by atoms with Crippen LogP contribution in [0.25, 0.3) is 0 Å². The highest BCUT2D eigenvalue weighted by Crippen LogP contribution is 2.16. The first-order chi connectivity index (χ1) is 6.74. The normalized spacial score (nSPS) is 20.1. The van der Waals surface area contributed by atoms with Gasteiger partial charge >= 0.3 is 0 Å². The first-order valence-corrected chi connectivity index (χ1v) is 5.95. The molecule has 14 heavy (non-hydrogen) atoms. The maximum absolute atomic E-state index is 5.85. The van der Waals surface area contributed by atoms with Crippen LogP contribution in [-0.4, -0.2) is 29.0 Å². The molecule has 1 aliphatic rings. The number of hydrogen-bond acceptors (Lipinski definition) is 4. The number of nitrogens with two attached hydrogens (primary N) is 1. The van der Waals surface area contributed by atoms with Gasteiger partial charge < -0.3 is 5.73 Å². The second kappa shape index (κ2) is 4.38. The third-order valence-electron chi connectivity index (χ3n) is 2.66. The highest BCUT2D eigenvalue weighted by atomic mass is 32.1. The third kappa shape index (κ3) is 2.53. The smallest absolute Gasteiger partial charge is 0.107 e. The Hall–Kier alpha value is -0.450. The maximum Gasteiger partial charge on any atom is 0.107 e. The molecule has 1 saturated heterocycles. The van der Waals surface area contributed by atoms with Gasteiger partial charge in [-0.25, -0.2) is 4.98 Å². The molecule has 0 unspecified atom stereocenters. The lowest BCUT2D eigenvalue weighted by Crippen LogP contribution is -2.39. The second-order valence-corrected chi connectivity index (χ2v) is 5.30. The summed E-state index contributed by atoms with van der Waals surface area (Å²) in [6, 6.07) is 0.421. The van der Waals surface area contributed by atoms with Gasteiger partial charge in [-0.3, -0.25) is 4.90 Å². The van der Waals surface area contributed by atoms with E-state index < -0.39 is 0 Å². The molecule has 2 N–H and O–H groups in total. The number of piperidine rings is 1. The topological polar surface area (TPSA) is 42.2 Å². The minimum absolute atomic E-state index is 0.421. The molecule has 0 radical (unpaired) electrons. The van der Waals surface area contributed by atoms with Crippen molar-refractivity contribution in [2.45, 2.75) is 32.4 Å². The molecule has 0 bridgehead atoms. The Balaban J connectivity index is 1.86. The van der Waals surface area contributed by atoms with E-state index in [-0.39, 0.29) is 0 Å². The van der Waals surface area contributed by atoms with Crippen LogP contribution in [0.2, 0.25) is 0 Å². The SMILES string of the molecule is Cc1cnc(CN2CCC(N)CC2)s1. The molecule has 0 aromatic carbocycles. The maximum atomic E-state index is 5.85. The summed E-state index contributed by atoms with van der Waals surface area (Å²) in [4.78, 5) is 8.12. The minimum atomic E-state index is 0.421. The van der Waals surface area contributed by atoms with Gasteiger partial charge in [-0.05, 0) is 19.8 Å². The zero-order valence-electron chi connectivity index (χ0n) is 8.57. The Morgan fingerprint density at radius 2 is 2.29 bits per heavy atom. The van der Waals surface area contributed by atoms with E-state index in [1.807, 2.05) is 6.20 Å². The van der Waals surface area contributed by atoms with Crippen molar-refractivity contribution in [1.29, 1.82) is 0 Å². The molecule has 78 valence electrons. The minimum Gasteiger partial charge on any atom is -0.328 e. The first kappa shape index (κ1) is 10.1. The van der Waals surface area contributed by atoms with Gasteiger partial charge in [-0.2, -0.15) is 0 Å². The Labute approximate surface area is 88.9 Å². The van der Waals surface area contributed by atoms with Crippen molar-refractivity contribution in [2.75, 3.05) is 13.1 Å². The number of rotatable bonds is 2. The van der Waals surface area contributed by atoms with Crippen molar-refractivity contribution >= 4 is 11.3 Å². The second-order valence-electron chi connectivity index (χ2n) is 3.98. The molecule has 4 heteroatoms. The van der Waals surface area contributed by atoms with Crippen LogP contribution in [0.5, 0.6) is 0 Å². The summed E-state index contributed by atoms with van der Waals surface area (Å²) in [5.74, 6) is 0. The molecular weight excluding hydrogens is 194 g/mol. The van der Waals surface area contributed by atoms with E-state index >= 15 is 0 Å². The Bertz CT molecular complexity index is 289. The summed E-state index contributed by atoms with van der Waals surface area (Å²) in [6.07, 6.45) is 4.21. The Morgan fingerprint density at radius 1 is 1.57 bits per heavy atom. The molecule has 1 fully saturated rings. The monoisotopic (exact) mass is 211 g/mol. The van der Waals surface area contributed by atoms with E-state index in [2.05, 4.69) is 16.8 Å². The fourth-order valence-corrected chi connectivity index (χ4v) is 2.61. The summed E-state index contributed by atoms with van der Waals surface area (Å²) >= 11 is 1.80. The highest BCUT2D eigenvalue weighted by Gasteiger charge is 2.16. The number of thiazole rings is 1. The van der Waals surface area contributed by atoms with Crippen LogP contribution in [0.4, 0.5) is 0 Å². The van der Waals surface area contributed by atoms with Gasteiger partial charge in [-0.15, -0.1) is 11.3 Å². The average Bonchev–Trinajstić information content (AvgIpc) is 2.56. The van der Waals surface area contributed by atoms with Gasteiger partial charge in [0.15, 0.2) is 0 Å². The fourth-order valence-electron chi connectivity index (χ4n) is 1.78. The zero-order chi connectivity index (χ0) is 9.97. The number of hydrogen-bond donors (Lipinski definition) is 1. The van der Waals surface area contributed by atoms with Gasteiger partial charge in [-0.1, -0.05) is 0 Å². The summed E-state index contributed by atoms with van der Waals surface area (Å²) < 4.78 is 0. The van der Waals surface area contributed by atoms with Crippen LogP contribution in [-0.2, 0) is 6.54 Å². The van der Waals surface area contributed by atoms with Crippen LogP contribution in [0, 0.1) is 6.92 Å². The molecule has 0 spiro atoms. The van der Waals surface area contributed by atoms with Crippen LogP contribution in [0.15, 0.2) is 6.20 Å². The van der Waals surface area contributed by atoms with E-state index in [0.29, 0.717) is 6.04 Å². The largest absolute Gasteiger partial charge is 0.328 e. The van der Waals surface area contributed by atoms with Crippen molar-refractivity contribution in [3.05, 3.63) is 16.1 Å². The first-order valence-electron chi connectivity index (χ1n) is 5.13. The van der Waals surface area contributed by atoms with Crippen molar-refractivity contribution in [1.82, 2.24) is 9.88 Å². The van der Waals surface area contributed by atoms with E-state index in [9.17, 15) is 0 Å². The molecule has 2 rings (SSSR count). The van der Waals surface area contributed by atoms with Crippen molar-refractivity contribution in [3.8, 4) is 0 Å². The lowest BCUT2D eigenvalue weighted by atomic mass is 10.1. The molecule has 1 aromatic heterocycles. The molecular formula is C10H17N3S. The highest BCUT2D eigenvalue weighted by molar-refractivity contribution is 7.11. The lowest BCUT2D eigenvalue weighted by molar-refractivity contribution is 0.205. The van der Waals surface area contributed by atoms with Crippen LogP contribution in [0.3, 0.4) is 0 Å². The van der Waals surface area contributed by atoms with Crippen LogP contribution in [0.1, 0.15) is 22.7 Å². The van der Waals surface area contributed by atoms with Crippen molar-refractivity contribution in [2.24, 2.45) is 5.73 Å². The zero-order valence-corrected chi connectivity index (χ0v) is 9.39. The van der Waals surface area contributed by atoms with Crippen molar-refractivity contribution < 1.29 is 0 Å². The predicted octanol–water partition coefficient (Wildman–Crippen LogP) is 1.37. The Morgan fingerprint density at radius 3 is 2.86 bits per heavy atom. The summed E-state index contributed by atoms with van der Waals surface area (Å²) in [6.45, 7) is 5.36. The summed E-state index contributed by atoms with van der Waals surface area (Å²) in [5.41, 5.74) is 5.85. The van der Waals surface area contributed by atoms with E-state index in [0.717, 1.165) is 32.5 Å². The molecule has 0 amide bonds. The van der Waals surface area contributed by atoms with Gasteiger partial charge in [0.25, 0.3) is 0 Å². The third-order valence-corrected chi connectivity index (χ3v) is 3.56. The Kier molecular flexibility index (Phi) is 3.15. The molecule has 0 atom stereocenters. The number of aromatic nitrogens is 1. The average molecular weight is 211 g/mol. The fraction of sp³-hybridized carbons (Fsp3) is 0.700. The van der Waals surface area contributed by atoms with Gasteiger partial charge in [0, 0.05) is 30.2 Å². The van der Waals surface area contributed by atoms with Crippen molar-refractivity contribution in [3.63, 3.8) is 0 Å². The molecule has 0 aliphatic carbocycles. The number of aryl methyl sites for hydroxylation is 1. The molecule has 1 aromatic rings. The van der Waals surface area contributed by atoms with Gasteiger partial charge in [0.2, 0.25) is 0 Å². The molecule has 1 aliphatic heterocycles. The molecule has 3 nitrogen and oxygen atoms in total. The summed E-state index contributed by atoms with van der Waals surface area (Å²) in [7, 11) is 0. The standard InChI is InChI=1S/C10H17N3S/c1-8-6-12-10(14-8)7-13-4-2-9(11)3-5-13/h6,9H,2-5,7,11H2,1H3.